The van der Waals surface area contributed by atoms with Crippen LogP contribution >= 0.6 is 0 Å². The van der Waals surface area contributed by atoms with Crippen LogP contribution in [0, 0.1) is 0 Å². The summed E-state index contributed by atoms with van der Waals surface area (Å²) in [4.78, 5) is 11.1. The van der Waals surface area contributed by atoms with Gasteiger partial charge in [-0.1, -0.05) is 0 Å². The minimum atomic E-state index is -1.51. The molecule has 7 heteroatoms. The molecule has 1 saturated carbocycles. The molecule has 5 N–H and O–H groups in total. The van der Waals surface area contributed by atoms with Crippen molar-refractivity contribution >= 4 is 6.09 Å². The first-order chi connectivity index (χ1) is 7.00. The molecule has 1 heterocycles. The quantitative estimate of drug-likeness (QED) is 0.328. The summed E-state index contributed by atoms with van der Waals surface area (Å²) in [5, 5.41) is 40.1. The smallest absolute Gasteiger partial charge is 0.408 e. The zero-order valence-corrected chi connectivity index (χ0v) is 7.83. The first-order valence-corrected chi connectivity index (χ1v) is 4.65. The fourth-order valence-corrected chi connectivity index (χ4v) is 2.14. The molecule has 0 aromatic carbocycles. The van der Waals surface area contributed by atoms with Crippen LogP contribution in [0.5, 0.6) is 0 Å². The van der Waals surface area contributed by atoms with Crippen molar-refractivity contribution in [1.29, 1.82) is 0 Å². The molecule has 0 radical (unpaired) electrons. The summed E-state index contributed by atoms with van der Waals surface area (Å²) in [5.74, 6) is 0. The molecule has 1 unspecified atom stereocenters. The van der Waals surface area contributed by atoms with Crippen LogP contribution in [0.25, 0.3) is 0 Å². The van der Waals surface area contributed by atoms with E-state index >= 15 is 0 Å². The maximum atomic E-state index is 11.1. The summed E-state index contributed by atoms with van der Waals surface area (Å²) in [5.41, 5.74) is -1.51. The largest absolute Gasteiger partial charge is 0.438 e. The minimum absolute atomic E-state index is 0.0641. The van der Waals surface area contributed by atoms with Gasteiger partial charge >= 0.3 is 6.09 Å². The first-order valence-electron chi connectivity index (χ1n) is 4.65. The lowest BCUT2D eigenvalue weighted by Gasteiger charge is -2.50. The average Bonchev–Trinajstić information content (AvgIpc) is 2.23. The molecule has 0 spiro atoms. The number of hydrogen-bond acceptors (Lipinski definition) is 6. The van der Waals surface area contributed by atoms with Crippen molar-refractivity contribution in [2.45, 2.75) is 36.4 Å². The van der Waals surface area contributed by atoms with Gasteiger partial charge in [-0.05, 0) is 0 Å². The molecule has 1 aliphatic carbocycles. The van der Waals surface area contributed by atoms with E-state index in [-0.39, 0.29) is 6.42 Å². The maximum Gasteiger partial charge on any atom is 0.408 e. The van der Waals surface area contributed by atoms with E-state index in [2.05, 4.69) is 5.32 Å². The van der Waals surface area contributed by atoms with Gasteiger partial charge in [0.2, 0.25) is 0 Å². The summed E-state index contributed by atoms with van der Waals surface area (Å²) in [6, 6.07) is -0.711. The third-order valence-electron chi connectivity index (χ3n) is 3.06. The lowest BCUT2D eigenvalue weighted by atomic mass is 9.75. The fourth-order valence-electron chi connectivity index (χ4n) is 2.14. The van der Waals surface area contributed by atoms with Crippen LogP contribution in [-0.2, 0) is 4.74 Å². The molecule has 5 atom stereocenters. The predicted molar refractivity (Wildman–Crippen MR) is 45.9 cm³/mol. The van der Waals surface area contributed by atoms with Crippen molar-refractivity contribution in [3.8, 4) is 0 Å². The second kappa shape index (κ2) is 3.31. The summed E-state index contributed by atoms with van der Waals surface area (Å²) in [6.45, 7) is -0.595. The number of fused-ring (bicyclic) bond motifs is 2. The van der Waals surface area contributed by atoms with Crippen molar-refractivity contribution < 1.29 is 30.0 Å². The molecule has 2 rings (SSSR count). The Morgan fingerprint density at radius 2 is 2.07 bits per heavy atom. The first kappa shape index (κ1) is 10.6. The lowest BCUT2D eigenvalue weighted by molar-refractivity contribution is -0.219. The standard InChI is InChI=1S/C8H13NO6/c10-2-8-1-3(9-7(14)15-8)4(11)5(12)6(8)13/h3-6,10-13H,1-2H2,(H,9,14)/t3-,4?,5-,6-,8-/m1/s1. The van der Waals surface area contributed by atoms with Crippen LogP contribution in [0.4, 0.5) is 4.79 Å². The molecule has 2 fully saturated rings. The van der Waals surface area contributed by atoms with Gasteiger partial charge < -0.3 is 30.5 Å². The second-order valence-corrected chi connectivity index (χ2v) is 3.99. The molecule has 0 aromatic rings. The van der Waals surface area contributed by atoms with E-state index in [1.807, 2.05) is 0 Å². The predicted octanol–water partition coefficient (Wildman–Crippen LogP) is -2.69. The number of hydrogen-bond donors (Lipinski definition) is 5. The molecule has 2 bridgehead atoms. The van der Waals surface area contributed by atoms with Crippen molar-refractivity contribution in [1.82, 2.24) is 5.32 Å². The Morgan fingerprint density at radius 3 is 2.67 bits per heavy atom. The average molecular weight is 219 g/mol. The molecule has 1 amide bonds. The van der Waals surface area contributed by atoms with E-state index < -0.39 is 42.7 Å². The highest BCUT2D eigenvalue weighted by molar-refractivity contribution is 5.69. The van der Waals surface area contributed by atoms with Gasteiger partial charge in [-0.25, -0.2) is 4.79 Å². The number of rotatable bonds is 1. The van der Waals surface area contributed by atoms with Gasteiger partial charge in [-0.15, -0.1) is 0 Å². The van der Waals surface area contributed by atoms with Gasteiger partial charge in [0.15, 0.2) is 5.60 Å². The Balaban J connectivity index is 2.32. The van der Waals surface area contributed by atoms with E-state index in [0.29, 0.717) is 0 Å². The Morgan fingerprint density at radius 1 is 1.40 bits per heavy atom. The Bertz CT molecular complexity index is 284. The number of carbonyl (C=O) groups excluding carboxylic acids is 1. The number of ether oxygens (including phenoxy) is 1. The van der Waals surface area contributed by atoms with E-state index in [4.69, 9.17) is 9.84 Å². The highest BCUT2D eigenvalue weighted by Gasteiger charge is 2.57. The molecule has 86 valence electrons. The zero-order chi connectivity index (χ0) is 11.2. The third kappa shape index (κ3) is 1.39. The summed E-state index contributed by atoms with van der Waals surface area (Å²) in [6.07, 6.45) is -4.94. The van der Waals surface area contributed by atoms with E-state index in [9.17, 15) is 20.1 Å². The zero-order valence-electron chi connectivity index (χ0n) is 7.83. The van der Waals surface area contributed by atoms with Crippen LogP contribution < -0.4 is 5.32 Å². The molecule has 1 saturated heterocycles. The van der Waals surface area contributed by atoms with Crippen molar-refractivity contribution in [2.24, 2.45) is 0 Å². The van der Waals surface area contributed by atoms with Gasteiger partial charge in [-0.3, -0.25) is 0 Å². The summed E-state index contributed by atoms with van der Waals surface area (Å²) >= 11 is 0. The minimum Gasteiger partial charge on any atom is -0.438 e. The fraction of sp³-hybridized carbons (Fsp3) is 0.875. The van der Waals surface area contributed by atoms with E-state index in [1.165, 1.54) is 0 Å². The van der Waals surface area contributed by atoms with Crippen LogP contribution in [0.15, 0.2) is 0 Å². The van der Waals surface area contributed by atoms with Crippen LogP contribution in [-0.4, -0.2) is 63.1 Å². The van der Waals surface area contributed by atoms with E-state index in [0.717, 1.165) is 0 Å². The molecule has 7 nitrogen and oxygen atoms in total. The van der Waals surface area contributed by atoms with E-state index in [1.54, 1.807) is 0 Å². The number of amides is 1. The Kier molecular flexibility index (Phi) is 2.34. The number of aliphatic hydroxyl groups is 4. The number of alkyl carbamates (subject to hydrolysis) is 1. The molecular weight excluding hydrogens is 206 g/mol. The van der Waals surface area contributed by atoms with Crippen molar-refractivity contribution in [3.63, 3.8) is 0 Å². The maximum absolute atomic E-state index is 11.1. The van der Waals surface area contributed by atoms with Gasteiger partial charge in [-0.2, -0.15) is 0 Å². The number of aliphatic hydroxyl groups excluding tert-OH is 4. The third-order valence-corrected chi connectivity index (χ3v) is 3.06. The Hall–Kier alpha value is -0.890. The van der Waals surface area contributed by atoms with Crippen LogP contribution in [0.3, 0.4) is 0 Å². The molecule has 15 heavy (non-hydrogen) atoms. The Labute approximate surface area is 85.3 Å². The highest BCUT2D eigenvalue weighted by Crippen LogP contribution is 2.35. The summed E-state index contributed by atoms with van der Waals surface area (Å²) < 4.78 is 4.80. The van der Waals surface area contributed by atoms with Crippen molar-refractivity contribution in [3.05, 3.63) is 0 Å². The molecule has 1 aliphatic heterocycles. The molecular formula is C8H13NO6. The van der Waals surface area contributed by atoms with Gasteiger partial charge in [0.05, 0.1) is 12.6 Å². The topological polar surface area (TPSA) is 119 Å². The van der Waals surface area contributed by atoms with Crippen LogP contribution in [0.2, 0.25) is 0 Å². The monoisotopic (exact) mass is 219 g/mol. The highest BCUT2D eigenvalue weighted by atomic mass is 16.6. The molecule has 0 aromatic heterocycles. The molecule has 2 aliphatic rings. The lowest BCUT2D eigenvalue weighted by Crippen LogP contribution is -2.72. The second-order valence-electron chi connectivity index (χ2n) is 3.99. The van der Waals surface area contributed by atoms with Gasteiger partial charge in [0.25, 0.3) is 0 Å². The SMILES string of the molecule is O=C1N[C@@H]2C[C@](CO)(O1)[C@H](O)[C@H](O)C2O. The van der Waals surface area contributed by atoms with Crippen LogP contribution in [0.1, 0.15) is 6.42 Å². The van der Waals surface area contributed by atoms with Gasteiger partial charge in [0, 0.05) is 6.42 Å². The van der Waals surface area contributed by atoms with Gasteiger partial charge in [0.1, 0.15) is 18.3 Å². The van der Waals surface area contributed by atoms with Crippen molar-refractivity contribution in [2.75, 3.05) is 6.61 Å². The summed E-state index contributed by atoms with van der Waals surface area (Å²) in [7, 11) is 0. The number of nitrogens with one attached hydrogen (secondary N) is 1. The number of carbonyl (C=O) groups is 1. The normalized spacial score (nSPS) is 49.5.